The number of rotatable bonds is 5. The second kappa shape index (κ2) is 6.18. The molecule has 1 rings (SSSR count). The average Bonchev–Trinajstić information content (AvgIpc) is 2.25. The van der Waals surface area contributed by atoms with Crippen LogP contribution >= 0.6 is 0 Å². The van der Waals surface area contributed by atoms with Crippen molar-refractivity contribution in [1.82, 2.24) is 10.2 Å². The first-order valence-corrected chi connectivity index (χ1v) is 6.35. The van der Waals surface area contributed by atoms with Gasteiger partial charge in [0, 0.05) is 6.04 Å². The highest BCUT2D eigenvalue weighted by Gasteiger charge is 2.13. The van der Waals surface area contributed by atoms with Crippen molar-refractivity contribution in [2.45, 2.75) is 33.2 Å². The molecule has 1 aromatic carbocycles. The molecule has 0 saturated carbocycles. The van der Waals surface area contributed by atoms with Gasteiger partial charge in [-0.3, -0.25) is 0 Å². The minimum atomic E-state index is 0.455. The van der Waals surface area contributed by atoms with Crippen LogP contribution in [0.25, 0.3) is 0 Å². The lowest BCUT2D eigenvalue weighted by molar-refractivity contribution is 0.368. The molecule has 0 amide bonds. The van der Waals surface area contributed by atoms with Gasteiger partial charge in [0.05, 0.1) is 0 Å². The van der Waals surface area contributed by atoms with Gasteiger partial charge in [-0.05, 0) is 77.1 Å². The van der Waals surface area contributed by atoms with Crippen LogP contribution in [0.5, 0.6) is 0 Å². The number of benzene rings is 1. The molecular formula is C15H26N2. The molecule has 0 saturated heterocycles. The fourth-order valence-electron chi connectivity index (χ4n) is 2.20. The summed E-state index contributed by atoms with van der Waals surface area (Å²) in [5.74, 6) is 0. The van der Waals surface area contributed by atoms with E-state index in [1.54, 1.807) is 0 Å². The predicted octanol–water partition coefficient (Wildman–Crippen LogP) is 2.82. The Morgan fingerprint density at radius 1 is 1.06 bits per heavy atom. The third-order valence-corrected chi connectivity index (χ3v) is 3.47. The predicted molar refractivity (Wildman–Crippen MR) is 75.6 cm³/mol. The monoisotopic (exact) mass is 234 g/mol. The van der Waals surface area contributed by atoms with Gasteiger partial charge in [0.15, 0.2) is 0 Å². The summed E-state index contributed by atoms with van der Waals surface area (Å²) in [6.45, 7) is 7.69. The van der Waals surface area contributed by atoms with Crippen molar-refractivity contribution in [3.63, 3.8) is 0 Å². The largest absolute Gasteiger partial charge is 0.313 e. The lowest BCUT2D eigenvalue weighted by atomic mass is 9.94. The van der Waals surface area contributed by atoms with Crippen LogP contribution in [-0.2, 0) is 0 Å². The first-order valence-electron chi connectivity index (χ1n) is 6.35. The van der Waals surface area contributed by atoms with Crippen molar-refractivity contribution in [1.29, 1.82) is 0 Å². The Kier molecular flexibility index (Phi) is 5.16. The fraction of sp³-hybridized carbons (Fsp3) is 0.600. The van der Waals surface area contributed by atoms with E-state index in [1.807, 2.05) is 0 Å². The third kappa shape index (κ3) is 3.83. The number of nitrogens with zero attached hydrogens (tertiary/aromatic N) is 1. The summed E-state index contributed by atoms with van der Waals surface area (Å²) in [4.78, 5) is 2.24. The van der Waals surface area contributed by atoms with E-state index in [0.717, 1.165) is 13.0 Å². The molecule has 0 aromatic heterocycles. The molecule has 0 fully saturated rings. The second-order valence-corrected chi connectivity index (χ2v) is 5.23. The Balaban J connectivity index is 2.91. The van der Waals surface area contributed by atoms with Gasteiger partial charge in [0.2, 0.25) is 0 Å². The molecule has 1 atom stereocenters. The molecule has 2 nitrogen and oxygen atoms in total. The summed E-state index contributed by atoms with van der Waals surface area (Å²) in [5.41, 5.74) is 5.60. The van der Waals surface area contributed by atoms with Crippen molar-refractivity contribution in [3.05, 3.63) is 34.4 Å². The Morgan fingerprint density at radius 3 is 2.18 bits per heavy atom. The molecule has 1 unspecified atom stereocenters. The number of hydrogen-bond donors (Lipinski definition) is 1. The summed E-state index contributed by atoms with van der Waals surface area (Å²) in [7, 11) is 6.30. The minimum absolute atomic E-state index is 0.455. The van der Waals surface area contributed by atoms with Gasteiger partial charge in [-0.2, -0.15) is 0 Å². The van der Waals surface area contributed by atoms with Gasteiger partial charge in [-0.25, -0.2) is 0 Å². The lowest BCUT2D eigenvalue weighted by Gasteiger charge is -2.22. The molecule has 17 heavy (non-hydrogen) atoms. The molecule has 2 heteroatoms. The maximum atomic E-state index is 3.43. The Labute approximate surface area is 106 Å². The first-order chi connectivity index (χ1) is 7.95. The highest BCUT2D eigenvalue weighted by atomic mass is 15.1. The molecule has 0 aliphatic rings. The number of aryl methyl sites for hydroxylation is 3. The normalized spacial score (nSPS) is 13.1. The van der Waals surface area contributed by atoms with E-state index in [-0.39, 0.29) is 0 Å². The number of hydrogen-bond acceptors (Lipinski definition) is 2. The molecule has 0 aliphatic carbocycles. The van der Waals surface area contributed by atoms with Gasteiger partial charge in [0.25, 0.3) is 0 Å². The maximum absolute atomic E-state index is 3.43. The smallest absolute Gasteiger partial charge is 0.0332 e. The van der Waals surface area contributed by atoms with E-state index in [2.05, 4.69) is 64.3 Å². The van der Waals surface area contributed by atoms with Crippen LogP contribution in [0, 0.1) is 20.8 Å². The molecule has 0 heterocycles. The summed E-state index contributed by atoms with van der Waals surface area (Å²) >= 11 is 0. The van der Waals surface area contributed by atoms with Gasteiger partial charge in [-0.1, -0.05) is 12.1 Å². The topological polar surface area (TPSA) is 15.3 Å². The van der Waals surface area contributed by atoms with Gasteiger partial charge < -0.3 is 10.2 Å². The Bertz CT molecular complexity index is 369. The van der Waals surface area contributed by atoms with Crippen molar-refractivity contribution >= 4 is 0 Å². The van der Waals surface area contributed by atoms with Gasteiger partial charge in [0.1, 0.15) is 0 Å². The van der Waals surface area contributed by atoms with E-state index in [4.69, 9.17) is 0 Å². The molecular weight excluding hydrogens is 208 g/mol. The van der Waals surface area contributed by atoms with E-state index in [9.17, 15) is 0 Å². The molecule has 0 radical (unpaired) electrons. The minimum Gasteiger partial charge on any atom is -0.313 e. The first kappa shape index (κ1) is 14.2. The summed E-state index contributed by atoms with van der Waals surface area (Å²) in [6, 6.07) is 5.09. The zero-order valence-corrected chi connectivity index (χ0v) is 12.1. The second-order valence-electron chi connectivity index (χ2n) is 5.23. The van der Waals surface area contributed by atoms with Crippen LogP contribution in [0.3, 0.4) is 0 Å². The van der Waals surface area contributed by atoms with Crippen molar-refractivity contribution in [2.24, 2.45) is 0 Å². The number of nitrogens with one attached hydrogen (secondary N) is 1. The van der Waals surface area contributed by atoms with Crippen LogP contribution in [0.4, 0.5) is 0 Å². The van der Waals surface area contributed by atoms with E-state index >= 15 is 0 Å². The van der Waals surface area contributed by atoms with Crippen LogP contribution in [0.1, 0.15) is 34.7 Å². The van der Waals surface area contributed by atoms with Crippen molar-refractivity contribution in [3.8, 4) is 0 Å². The van der Waals surface area contributed by atoms with Crippen LogP contribution in [0.15, 0.2) is 12.1 Å². The molecule has 0 spiro atoms. The maximum Gasteiger partial charge on any atom is 0.0332 e. The van der Waals surface area contributed by atoms with E-state index in [1.165, 1.54) is 22.3 Å². The Hall–Kier alpha value is -0.860. The third-order valence-electron chi connectivity index (χ3n) is 3.47. The van der Waals surface area contributed by atoms with Crippen LogP contribution < -0.4 is 5.32 Å². The summed E-state index contributed by atoms with van der Waals surface area (Å²) in [6.07, 6.45) is 1.15. The SMILES string of the molecule is CNC(CCN(C)C)c1cc(C)c(C)cc1C. The molecule has 0 bridgehead atoms. The highest BCUT2D eigenvalue weighted by Crippen LogP contribution is 2.23. The highest BCUT2D eigenvalue weighted by molar-refractivity contribution is 5.38. The molecule has 0 aliphatic heterocycles. The van der Waals surface area contributed by atoms with Crippen LogP contribution in [-0.4, -0.2) is 32.6 Å². The Morgan fingerprint density at radius 2 is 1.65 bits per heavy atom. The zero-order valence-electron chi connectivity index (χ0n) is 12.1. The standard InChI is InChI=1S/C15H26N2/c1-11-9-13(3)14(10-12(11)2)15(16-4)7-8-17(5)6/h9-10,15-16H,7-8H2,1-6H3. The summed E-state index contributed by atoms with van der Waals surface area (Å²) < 4.78 is 0. The van der Waals surface area contributed by atoms with E-state index < -0.39 is 0 Å². The van der Waals surface area contributed by atoms with Crippen molar-refractivity contribution < 1.29 is 0 Å². The van der Waals surface area contributed by atoms with Crippen LogP contribution in [0.2, 0.25) is 0 Å². The van der Waals surface area contributed by atoms with Crippen molar-refractivity contribution in [2.75, 3.05) is 27.7 Å². The quantitative estimate of drug-likeness (QED) is 0.843. The molecule has 96 valence electrons. The molecule has 1 aromatic rings. The van der Waals surface area contributed by atoms with Gasteiger partial charge in [-0.15, -0.1) is 0 Å². The van der Waals surface area contributed by atoms with E-state index in [0.29, 0.717) is 6.04 Å². The fourth-order valence-corrected chi connectivity index (χ4v) is 2.20. The molecule has 1 N–H and O–H groups in total. The summed E-state index contributed by atoms with van der Waals surface area (Å²) in [5, 5.41) is 3.43. The van der Waals surface area contributed by atoms with Gasteiger partial charge >= 0.3 is 0 Å². The average molecular weight is 234 g/mol. The lowest BCUT2D eigenvalue weighted by Crippen LogP contribution is -2.23. The zero-order chi connectivity index (χ0) is 13.0.